The summed E-state index contributed by atoms with van der Waals surface area (Å²) >= 11 is 0.763. The third-order valence-electron chi connectivity index (χ3n) is 4.78. The lowest BCUT2D eigenvalue weighted by Crippen LogP contribution is -3.11. The number of anilines is 2. The van der Waals surface area contributed by atoms with Gasteiger partial charge in [-0.2, -0.15) is 0 Å². The molecule has 9 nitrogen and oxygen atoms in total. The Morgan fingerprint density at radius 3 is 1.84 bits per heavy atom. The lowest BCUT2D eigenvalue weighted by atomic mass is 10.3. The van der Waals surface area contributed by atoms with Gasteiger partial charge in [0.1, 0.15) is 10.7 Å². The Bertz CT molecular complexity index is 726. The van der Waals surface area contributed by atoms with E-state index in [2.05, 4.69) is 66.7 Å². The summed E-state index contributed by atoms with van der Waals surface area (Å²) in [7, 11) is 0. The van der Waals surface area contributed by atoms with Gasteiger partial charge in [0.05, 0.1) is 25.6 Å². The smallest absolute Gasteiger partial charge is 0.324 e. The first-order valence-electron chi connectivity index (χ1n) is 11.1. The molecule has 1 aromatic carbocycles. The van der Waals surface area contributed by atoms with E-state index in [-0.39, 0.29) is 10.7 Å². The molecule has 0 bridgehead atoms. The van der Waals surface area contributed by atoms with E-state index in [1.54, 1.807) is 29.2 Å². The monoisotopic (exact) mass is 466 g/mol. The zero-order valence-electron chi connectivity index (χ0n) is 20.1. The Morgan fingerprint density at radius 1 is 0.938 bits per heavy atom. The van der Waals surface area contributed by atoms with Crippen LogP contribution >= 0.6 is 11.5 Å². The minimum Gasteiger partial charge on any atom is -0.543 e. The number of amides is 2. The first-order valence-corrected chi connectivity index (χ1v) is 11.9. The van der Waals surface area contributed by atoms with E-state index >= 15 is 0 Å². The fourth-order valence-electron chi connectivity index (χ4n) is 2.61. The largest absolute Gasteiger partial charge is 0.543 e. The normalized spacial score (nSPS) is 10.0. The van der Waals surface area contributed by atoms with Gasteiger partial charge in [-0.15, -0.1) is 5.10 Å². The predicted octanol–water partition coefficient (Wildman–Crippen LogP) is 1.82. The minimum atomic E-state index is -1.49. The molecular formula is C22H38N6O3S. The summed E-state index contributed by atoms with van der Waals surface area (Å²) in [4.78, 5) is 26.3. The highest BCUT2D eigenvalue weighted by atomic mass is 32.1. The van der Waals surface area contributed by atoms with Crippen LogP contribution in [0.15, 0.2) is 30.3 Å². The Balaban J connectivity index is 0.000000570. The summed E-state index contributed by atoms with van der Waals surface area (Å²) in [5.41, 5.74) is 0.200. The van der Waals surface area contributed by atoms with Crippen molar-refractivity contribution >= 4 is 34.2 Å². The van der Waals surface area contributed by atoms with Crippen LogP contribution in [0.25, 0.3) is 0 Å². The van der Waals surface area contributed by atoms with Crippen molar-refractivity contribution in [3.8, 4) is 0 Å². The van der Waals surface area contributed by atoms with Crippen LogP contribution in [0, 0.1) is 0 Å². The highest BCUT2D eigenvalue weighted by Gasteiger charge is 2.12. The van der Waals surface area contributed by atoms with Gasteiger partial charge in [-0.25, -0.2) is 4.79 Å². The van der Waals surface area contributed by atoms with Gasteiger partial charge >= 0.3 is 6.03 Å². The van der Waals surface area contributed by atoms with Crippen LogP contribution in [0.3, 0.4) is 0 Å². The van der Waals surface area contributed by atoms with Crippen molar-refractivity contribution in [2.45, 2.75) is 41.5 Å². The Hall–Kier alpha value is -2.56. The molecule has 0 atom stereocenters. The van der Waals surface area contributed by atoms with Gasteiger partial charge in [0.2, 0.25) is 0 Å². The summed E-state index contributed by atoms with van der Waals surface area (Å²) in [6.45, 7) is 20.6. The van der Waals surface area contributed by atoms with Crippen molar-refractivity contribution in [2.75, 3.05) is 49.9 Å². The second-order valence-corrected chi connectivity index (χ2v) is 7.37. The number of hydrogen-bond acceptors (Lipinski definition) is 7. The van der Waals surface area contributed by atoms with Gasteiger partial charge < -0.3 is 25.0 Å². The maximum atomic E-state index is 11.6. The number of para-hydroxylation sites is 1. The van der Waals surface area contributed by atoms with Crippen LogP contribution in [0.5, 0.6) is 0 Å². The number of aromatic nitrogens is 2. The number of carbonyl (C=O) groups excluding carboxylic acids is 2. The molecule has 10 heteroatoms. The second-order valence-electron chi connectivity index (χ2n) is 6.61. The maximum absolute atomic E-state index is 11.6. The molecule has 180 valence electrons. The molecule has 0 saturated heterocycles. The van der Waals surface area contributed by atoms with Crippen LogP contribution < -0.4 is 20.6 Å². The van der Waals surface area contributed by atoms with Crippen LogP contribution in [0.2, 0.25) is 0 Å². The molecule has 0 aliphatic carbocycles. The number of benzene rings is 1. The summed E-state index contributed by atoms with van der Waals surface area (Å²) < 4.78 is 3.43. The van der Waals surface area contributed by atoms with Crippen molar-refractivity contribution in [3.63, 3.8) is 0 Å². The van der Waals surface area contributed by atoms with Gasteiger partial charge in [-0.3, -0.25) is 5.32 Å². The van der Waals surface area contributed by atoms with Gasteiger partial charge in [0.25, 0.3) is 0 Å². The SMILES string of the molecule is CCN(CC)CC.CC[NH+](CC)CC.O=C(Nc1ccccc1)Nc1snnc1C(=O)[O-]. The van der Waals surface area contributed by atoms with Gasteiger partial charge in [0, 0.05) is 17.2 Å². The number of rotatable bonds is 9. The van der Waals surface area contributed by atoms with Crippen molar-refractivity contribution < 1.29 is 19.6 Å². The van der Waals surface area contributed by atoms with Crippen molar-refractivity contribution in [1.29, 1.82) is 0 Å². The molecule has 0 spiro atoms. The molecule has 1 heterocycles. The molecule has 2 amide bonds. The number of urea groups is 1. The second kappa shape index (κ2) is 18.1. The van der Waals surface area contributed by atoms with E-state index in [1.165, 1.54) is 39.3 Å². The number of nitrogens with one attached hydrogen (secondary N) is 3. The number of hydrogen-bond donors (Lipinski definition) is 3. The van der Waals surface area contributed by atoms with Crippen molar-refractivity contribution in [3.05, 3.63) is 36.0 Å². The lowest BCUT2D eigenvalue weighted by Gasteiger charge is -2.13. The summed E-state index contributed by atoms with van der Waals surface area (Å²) in [6, 6.07) is 8.15. The zero-order chi connectivity index (χ0) is 24.4. The molecule has 0 aliphatic rings. The summed E-state index contributed by atoms with van der Waals surface area (Å²) in [6.07, 6.45) is 0. The standard InChI is InChI=1S/C10H8N4O3S.2C6H15N/c15-9(16)7-8(18-14-13-7)12-10(17)11-6-4-2-1-3-5-6;2*1-4-7(5-2)6-3/h1-5H,(H,15,16)(H2,11,12,17);2*4-6H2,1-3H3. The molecular weight excluding hydrogens is 428 g/mol. The molecule has 0 saturated carbocycles. The Labute approximate surface area is 196 Å². The molecule has 3 N–H and O–H groups in total. The summed E-state index contributed by atoms with van der Waals surface area (Å²) in [5.74, 6) is -1.49. The van der Waals surface area contributed by atoms with Crippen LogP contribution in [0.4, 0.5) is 15.5 Å². The molecule has 0 fully saturated rings. The quantitative estimate of drug-likeness (QED) is 0.519. The highest BCUT2D eigenvalue weighted by molar-refractivity contribution is 7.10. The van der Waals surface area contributed by atoms with E-state index < -0.39 is 12.0 Å². The third-order valence-corrected chi connectivity index (χ3v) is 5.42. The third kappa shape index (κ3) is 12.3. The highest BCUT2D eigenvalue weighted by Crippen LogP contribution is 2.17. The molecule has 1 aromatic heterocycles. The first-order chi connectivity index (χ1) is 15.4. The average Bonchev–Trinajstić information content (AvgIpc) is 3.26. The molecule has 0 unspecified atom stereocenters. The van der Waals surface area contributed by atoms with Crippen LogP contribution in [-0.4, -0.2) is 65.8 Å². The van der Waals surface area contributed by atoms with Crippen LogP contribution in [-0.2, 0) is 0 Å². The fourth-order valence-corrected chi connectivity index (χ4v) is 3.17. The topological polar surface area (TPSA) is 115 Å². The van der Waals surface area contributed by atoms with Gasteiger partial charge in [-0.1, -0.05) is 43.5 Å². The maximum Gasteiger partial charge on any atom is 0.324 e. The molecule has 0 radical (unpaired) electrons. The van der Waals surface area contributed by atoms with Crippen molar-refractivity contribution in [1.82, 2.24) is 14.5 Å². The molecule has 0 aliphatic heterocycles. The Morgan fingerprint density at radius 2 is 1.47 bits per heavy atom. The number of aromatic carboxylic acids is 1. The minimum absolute atomic E-state index is 0.0310. The van der Waals surface area contributed by atoms with E-state index in [4.69, 9.17) is 0 Å². The lowest BCUT2D eigenvalue weighted by molar-refractivity contribution is -0.894. The summed E-state index contributed by atoms with van der Waals surface area (Å²) in [5, 5.41) is 18.9. The Kier molecular flexibility index (Phi) is 16.6. The molecule has 2 rings (SSSR count). The van der Waals surface area contributed by atoms with E-state index in [0.29, 0.717) is 5.69 Å². The van der Waals surface area contributed by atoms with Crippen molar-refractivity contribution in [2.24, 2.45) is 0 Å². The first kappa shape index (κ1) is 29.4. The molecule has 32 heavy (non-hydrogen) atoms. The van der Waals surface area contributed by atoms with Crippen LogP contribution in [0.1, 0.15) is 52.0 Å². The zero-order valence-corrected chi connectivity index (χ0v) is 20.9. The number of carboxylic acids is 1. The fraction of sp³-hybridized carbons (Fsp3) is 0.545. The average molecular weight is 467 g/mol. The van der Waals surface area contributed by atoms with E-state index in [9.17, 15) is 14.7 Å². The predicted molar refractivity (Wildman–Crippen MR) is 129 cm³/mol. The molecule has 2 aromatic rings. The van der Waals surface area contributed by atoms with Gasteiger partial charge in [0.15, 0.2) is 0 Å². The number of nitrogens with zero attached hydrogens (tertiary/aromatic N) is 3. The number of quaternary nitrogens is 1. The van der Waals surface area contributed by atoms with Gasteiger partial charge in [-0.05, 0) is 52.5 Å². The van der Waals surface area contributed by atoms with E-state index in [1.807, 2.05) is 6.07 Å². The number of carboxylic acid groups (broad SMARTS) is 1. The number of carbonyl (C=O) groups is 2. The van der Waals surface area contributed by atoms with E-state index in [0.717, 1.165) is 11.5 Å².